The van der Waals surface area contributed by atoms with Crippen LogP contribution in [0.25, 0.3) is 0 Å². The van der Waals surface area contributed by atoms with Gasteiger partial charge in [-0.2, -0.15) is 0 Å². The summed E-state index contributed by atoms with van der Waals surface area (Å²) in [5.41, 5.74) is 7.73. The molecule has 1 aromatic heterocycles. The number of rotatable bonds is 2. The third kappa shape index (κ3) is 1.81. The summed E-state index contributed by atoms with van der Waals surface area (Å²) in [7, 11) is 0. The number of aromatic nitrogens is 1. The van der Waals surface area contributed by atoms with Crippen LogP contribution in [0.3, 0.4) is 0 Å². The molecule has 1 aromatic rings. The van der Waals surface area contributed by atoms with Crippen molar-refractivity contribution in [1.29, 1.82) is 0 Å². The lowest BCUT2D eigenvalue weighted by molar-refractivity contribution is 0.164. The van der Waals surface area contributed by atoms with Gasteiger partial charge in [0.25, 0.3) is 0 Å². The van der Waals surface area contributed by atoms with E-state index in [-0.39, 0.29) is 6.04 Å². The van der Waals surface area contributed by atoms with Gasteiger partial charge >= 0.3 is 0 Å². The molecule has 0 aromatic carbocycles. The van der Waals surface area contributed by atoms with Gasteiger partial charge in [-0.3, -0.25) is 4.98 Å². The van der Waals surface area contributed by atoms with Crippen LogP contribution in [-0.4, -0.2) is 16.2 Å². The Hall–Kier alpha value is -0.930. The van der Waals surface area contributed by atoms with Gasteiger partial charge in [0.05, 0.1) is 12.1 Å². The van der Waals surface area contributed by atoms with Gasteiger partial charge in [0.15, 0.2) is 0 Å². The third-order valence-corrected chi connectivity index (χ3v) is 1.96. The van der Waals surface area contributed by atoms with Crippen LogP contribution in [0.5, 0.6) is 0 Å². The summed E-state index contributed by atoms with van der Waals surface area (Å²) >= 11 is 0. The number of pyridine rings is 1. The summed E-state index contributed by atoms with van der Waals surface area (Å²) in [4.78, 5) is 3.96. The van der Waals surface area contributed by atoms with Crippen molar-refractivity contribution in [1.82, 2.24) is 4.98 Å². The first-order valence-electron chi connectivity index (χ1n) is 3.97. The molecule has 0 fully saturated rings. The van der Waals surface area contributed by atoms with E-state index in [1.807, 2.05) is 13.0 Å². The van der Waals surface area contributed by atoms with Crippen molar-refractivity contribution in [3.8, 4) is 0 Å². The van der Waals surface area contributed by atoms with Crippen molar-refractivity contribution in [3.63, 3.8) is 0 Å². The first-order valence-corrected chi connectivity index (χ1v) is 3.97. The Kier molecular flexibility index (Phi) is 2.78. The molecular weight excluding hydrogens is 152 g/mol. The lowest BCUT2D eigenvalue weighted by Crippen LogP contribution is -2.24. The number of nitrogens with zero attached hydrogens (tertiary/aromatic N) is 1. The van der Waals surface area contributed by atoms with E-state index in [0.717, 1.165) is 11.1 Å². The minimum Gasteiger partial charge on any atom is -0.391 e. The SMILES string of the molecule is Cc1ccncc1[C@H](N)[C@H](C)O. The molecule has 2 atom stereocenters. The highest BCUT2D eigenvalue weighted by Gasteiger charge is 2.13. The van der Waals surface area contributed by atoms with Crippen molar-refractivity contribution >= 4 is 0 Å². The Morgan fingerprint density at radius 2 is 2.25 bits per heavy atom. The van der Waals surface area contributed by atoms with Crippen LogP contribution in [0.15, 0.2) is 18.5 Å². The lowest BCUT2D eigenvalue weighted by Gasteiger charge is -2.16. The van der Waals surface area contributed by atoms with E-state index < -0.39 is 6.10 Å². The molecule has 3 N–H and O–H groups in total. The molecule has 12 heavy (non-hydrogen) atoms. The number of aryl methyl sites for hydroxylation is 1. The van der Waals surface area contributed by atoms with Gasteiger partial charge < -0.3 is 10.8 Å². The summed E-state index contributed by atoms with van der Waals surface area (Å²) < 4.78 is 0. The molecule has 0 amide bonds. The summed E-state index contributed by atoms with van der Waals surface area (Å²) in [6, 6.07) is 1.55. The third-order valence-electron chi connectivity index (χ3n) is 1.96. The van der Waals surface area contributed by atoms with E-state index in [1.54, 1.807) is 19.3 Å². The summed E-state index contributed by atoms with van der Waals surface area (Å²) in [5.74, 6) is 0. The van der Waals surface area contributed by atoms with Crippen LogP contribution >= 0.6 is 0 Å². The van der Waals surface area contributed by atoms with Crippen LogP contribution in [-0.2, 0) is 0 Å². The Morgan fingerprint density at radius 1 is 1.58 bits per heavy atom. The number of aliphatic hydroxyl groups excluding tert-OH is 1. The Balaban J connectivity index is 2.94. The fourth-order valence-corrected chi connectivity index (χ4v) is 1.09. The van der Waals surface area contributed by atoms with Crippen molar-refractivity contribution in [2.45, 2.75) is 26.0 Å². The lowest BCUT2D eigenvalue weighted by atomic mass is 10.0. The molecule has 0 saturated carbocycles. The average Bonchev–Trinajstić information content (AvgIpc) is 2.04. The smallest absolute Gasteiger partial charge is 0.0705 e. The highest BCUT2D eigenvalue weighted by molar-refractivity contribution is 5.25. The second-order valence-corrected chi connectivity index (χ2v) is 3.00. The number of aliphatic hydroxyl groups is 1. The fraction of sp³-hybridized carbons (Fsp3) is 0.444. The number of hydrogen-bond acceptors (Lipinski definition) is 3. The minimum absolute atomic E-state index is 0.335. The van der Waals surface area contributed by atoms with E-state index in [1.165, 1.54) is 0 Å². The molecule has 0 spiro atoms. The highest BCUT2D eigenvalue weighted by Crippen LogP contribution is 2.16. The maximum absolute atomic E-state index is 9.25. The zero-order valence-electron chi connectivity index (χ0n) is 7.36. The van der Waals surface area contributed by atoms with Gasteiger partial charge in [-0.25, -0.2) is 0 Å². The Morgan fingerprint density at radius 3 is 2.75 bits per heavy atom. The van der Waals surface area contributed by atoms with Crippen molar-refractivity contribution in [3.05, 3.63) is 29.6 Å². The molecule has 66 valence electrons. The van der Waals surface area contributed by atoms with Crippen LogP contribution in [0.1, 0.15) is 24.1 Å². The van der Waals surface area contributed by atoms with E-state index in [4.69, 9.17) is 5.73 Å². The average molecular weight is 166 g/mol. The zero-order valence-corrected chi connectivity index (χ0v) is 7.36. The first kappa shape index (κ1) is 9.16. The Bertz CT molecular complexity index is 260. The van der Waals surface area contributed by atoms with Crippen LogP contribution < -0.4 is 5.73 Å². The van der Waals surface area contributed by atoms with Crippen LogP contribution in [0.2, 0.25) is 0 Å². The monoisotopic (exact) mass is 166 g/mol. The predicted molar refractivity (Wildman–Crippen MR) is 47.6 cm³/mol. The van der Waals surface area contributed by atoms with Crippen molar-refractivity contribution in [2.24, 2.45) is 5.73 Å². The summed E-state index contributed by atoms with van der Waals surface area (Å²) in [6.07, 6.45) is 2.88. The molecule has 0 saturated heterocycles. The second-order valence-electron chi connectivity index (χ2n) is 3.00. The van der Waals surface area contributed by atoms with E-state index in [0.29, 0.717) is 0 Å². The summed E-state index contributed by atoms with van der Waals surface area (Å²) in [6.45, 7) is 3.64. The largest absolute Gasteiger partial charge is 0.391 e. The van der Waals surface area contributed by atoms with Crippen molar-refractivity contribution in [2.75, 3.05) is 0 Å². The highest BCUT2D eigenvalue weighted by atomic mass is 16.3. The second kappa shape index (κ2) is 3.65. The van der Waals surface area contributed by atoms with Gasteiger partial charge in [0.2, 0.25) is 0 Å². The number of hydrogen-bond donors (Lipinski definition) is 2. The van der Waals surface area contributed by atoms with Gasteiger partial charge in [0, 0.05) is 12.4 Å². The molecule has 1 heterocycles. The molecule has 1 rings (SSSR count). The van der Waals surface area contributed by atoms with Crippen LogP contribution in [0.4, 0.5) is 0 Å². The van der Waals surface area contributed by atoms with E-state index in [9.17, 15) is 5.11 Å². The molecule has 0 aliphatic rings. The zero-order chi connectivity index (χ0) is 9.14. The van der Waals surface area contributed by atoms with Gasteiger partial charge in [-0.15, -0.1) is 0 Å². The molecule has 0 unspecified atom stereocenters. The molecule has 3 nitrogen and oxygen atoms in total. The maximum Gasteiger partial charge on any atom is 0.0705 e. The quantitative estimate of drug-likeness (QED) is 0.682. The molecule has 3 heteroatoms. The number of nitrogens with two attached hydrogens (primary N) is 1. The minimum atomic E-state index is -0.534. The topological polar surface area (TPSA) is 59.1 Å². The van der Waals surface area contributed by atoms with E-state index >= 15 is 0 Å². The van der Waals surface area contributed by atoms with Gasteiger partial charge in [0.1, 0.15) is 0 Å². The molecule has 0 aliphatic carbocycles. The standard InChI is InChI=1S/C9H14N2O/c1-6-3-4-11-5-8(6)9(10)7(2)12/h3-5,7,9,12H,10H2,1-2H3/t7-,9+/m0/s1. The molecule has 0 aliphatic heterocycles. The van der Waals surface area contributed by atoms with Gasteiger partial charge in [-0.05, 0) is 31.0 Å². The van der Waals surface area contributed by atoms with Crippen LogP contribution in [0, 0.1) is 6.92 Å². The van der Waals surface area contributed by atoms with Crippen molar-refractivity contribution < 1.29 is 5.11 Å². The Labute approximate surface area is 72.2 Å². The predicted octanol–water partition coefficient (Wildman–Crippen LogP) is 0.771. The first-order chi connectivity index (χ1) is 5.63. The maximum atomic E-state index is 9.25. The van der Waals surface area contributed by atoms with Gasteiger partial charge in [-0.1, -0.05) is 0 Å². The normalized spacial score (nSPS) is 15.7. The summed E-state index contributed by atoms with van der Waals surface area (Å²) in [5, 5.41) is 9.25. The van der Waals surface area contributed by atoms with E-state index in [2.05, 4.69) is 4.98 Å². The molecule has 0 bridgehead atoms. The molecule has 0 radical (unpaired) electrons. The fourth-order valence-electron chi connectivity index (χ4n) is 1.09. The molecular formula is C9H14N2O.